The van der Waals surface area contributed by atoms with Crippen molar-refractivity contribution in [1.29, 1.82) is 0 Å². The molecule has 0 aromatic heterocycles. The van der Waals surface area contributed by atoms with Gasteiger partial charge in [-0.15, -0.1) is 0 Å². The summed E-state index contributed by atoms with van der Waals surface area (Å²) in [6.07, 6.45) is 0. The molecule has 2 aromatic rings. The highest BCUT2D eigenvalue weighted by molar-refractivity contribution is 6.30. The fourth-order valence-corrected chi connectivity index (χ4v) is 2.03. The molecule has 0 aliphatic carbocycles. The average Bonchev–Trinajstić information content (AvgIpc) is 2.39. The molecule has 1 atom stereocenters. The van der Waals surface area contributed by atoms with Gasteiger partial charge in [0.15, 0.2) is 0 Å². The molecule has 0 spiro atoms. The third-order valence-electron chi connectivity index (χ3n) is 2.96. The second kappa shape index (κ2) is 6.13. The van der Waals surface area contributed by atoms with E-state index in [0.29, 0.717) is 17.1 Å². The van der Waals surface area contributed by atoms with Crippen molar-refractivity contribution >= 4 is 11.6 Å². The van der Waals surface area contributed by atoms with Gasteiger partial charge in [0.05, 0.1) is 0 Å². The smallest absolute Gasteiger partial charge is 0.127 e. The lowest BCUT2D eigenvalue weighted by atomic mass is 10.1. The van der Waals surface area contributed by atoms with Crippen molar-refractivity contribution in [2.75, 3.05) is 0 Å². The second-order valence-corrected chi connectivity index (χ2v) is 4.83. The standard InChI is InChI=1S/C15H14ClF2N/c1-10(11-3-2-4-14(17)8-11)19-9-12-7-13(16)5-6-15(12)18/h2-8,10,19H,9H2,1H3/t10-/m1/s1. The van der Waals surface area contributed by atoms with E-state index < -0.39 is 0 Å². The lowest BCUT2D eigenvalue weighted by Gasteiger charge is -2.15. The van der Waals surface area contributed by atoms with Gasteiger partial charge in [0, 0.05) is 23.2 Å². The van der Waals surface area contributed by atoms with Gasteiger partial charge in [-0.05, 0) is 42.8 Å². The molecule has 100 valence electrons. The van der Waals surface area contributed by atoms with Crippen molar-refractivity contribution in [3.8, 4) is 0 Å². The van der Waals surface area contributed by atoms with E-state index in [9.17, 15) is 8.78 Å². The van der Waals surface area contributed by atoms with Gasteiger partial charge in [-0.1, -0.05) is 23.7 Å². The van der Waals surface area contributed by atoms with E-state index >= 15 is 0 Å². The van der Waals surface area contributed by atoms with Crippen LogP contribution in [-0.4, -0.2) is 0 Å². The molecule has 19 heavy (non-hydrogen) atoms. The molecule has 0 amide bonds. The van der Waals surface area contributed by atoms with Gasteiger partial charge in [-0.2, -0.15) is 0 Å². The molecule has 0 bridgehead atoms. The summed E-state index contributed by atoms with van der Waals surface area (Å²) in [6, 6.07) is 10.7. The highest BCUT2D eigenvalue weighted by Gasteiger charge is 2.08. The summed E-state index contributed by atoms with van der Waals surface area (Å²) in [5, 5.41) is 3.64. The molecule has 0 radical (unpaired) electrons. The van der Waals surface area contributed by atoms with Crippen LogP contribution in [0.3, 0.4) is 0 Å². The second-order valence-electron chi connectivity index (χ2n) is 4.39. The minimum Gasteiger partial charge on any atom is -0.306 e. The quantitative estimate of drug-likeness (QED) is 0.872. The summed E-state index contributed by atoms with van der Waals surface area (Å²) < 4.78 is 26.6. The number of rotatable bonds is 4. The molecule has 0 aliphatic rings. The van der Waals surface area contributed by atoms with Crippen molar-refractivity contribution in [3.63, 3.8) is 0 Å². The largest absolute Gasteiger partial charge is 0.306 e. The summed E-state index contributed by atoms with van der Waals surface area (Å²) in [4.78, 5) is 0. The van der Waals surface area contributed by atoms with Crippen molar-refractivity contribution in [1.82, 2.24) is 5.32 Å². The molecule has 1 N–H and O–H groups in total. The fraction of sp³-hybridized carbons (Fsp3) is 0.200. The molecule has 1 nitrogen and oxygen atoms in total. The zero-order valence-corrected chi connectivity index (χ0v) is 11.2. The average molecular weight is 282 g/mol. The Morgan fingerprint density at radius 1 is 1.16 bits per heavy atom. The molecule has 0 fully saturated rings. The van der Waals surface area contributed by atoms with Crippen LogP contribution < -0.4 is 5.32 Å². The molecule has 0 aliphatic heterocycles. The normalized spacial score (nSPS) is 12.4. The zero-order chi connectivity index (χ0) is 13.8. The van der Waals surface area contributed by atoms with Crippen molar-refractivity contribution in [3.05, 3.63) is 70.2 Å². The fourth-order valence-electron chi connectivity index (χ4n) is 1.84. The Labute approximate surface area is 116 Å². The first-order valence-electron chi connectivity index (χ1n) is 5.99. The summed E-state index contributed by atoms with van der Waals surface area (Å²) in [5.74, 6) is -0.580. The van der Waals surface area contributed by atoms with E-state index in [1.807, 2.05) is 13.0 Å². The van der Waals surface area contributed by atoms with Gasteiger partial charge in [-0.3, -0.25) is 0 Å². The molecule has 4 heteroatoms. The van der Waals surface area contributed by atoms with Gasteiger partial charge in [0.2, 0.25) is 0 Å². The van der Waals surface area contributed by atoms with Crippen LogP contribution in [-0.2, 0) is 6.54 Å². The lowest BCUT2D eigenvalue weighted by Crippen LogP contribution is -2.18. The van der Waals surface area contributed by atoms with Crippen LogP contribution in [0.2, 0.25) is 5.02 Å². The summed E-state index contributed by atoms with van der Waals surface area (Å²) in [6.45, 7) is 2.24. The molecule has 2 aromatic carbocycles. The minimum absolute atomic E-state index is 0.0749. The molecule has 0 saturated carbocycles. The third kappa shape index (κ3) is 3.75. The first-order valence-corrected chi connectivity index (χ1v) is 6.37. The molecule has 0 unspecified atom stereocenters. The molecule has 2 rings (SSSR count). The monoisotopic (exact) mass is 281 g/mol. The Morgan fingerprint density at radius 3 is 2.68 bits per heavy atom. The third-order valence-corrected chi connectivity index (χ3v) is 3.19. The van der Waals surface area contributed by atoms with E-state index in [-0.39, 0.29) is 17.7 Å². The van der Waals surface area contributed by atoms with Crippen LogP contribution in [0.5, 0.6) is 0 Å². The van der Waals surface area contributed by atoms with E-state index in [4.69, 9.17) is 11.6 Å². The number of nitrogens with one attached hydrogen (secondary N) is 1. The SMILES string of the molecule is C[C@@H](NCc1cc(Cl)ccc1F)c1cccc(F)c1. The highest BCUT2D eigenvalue weighted by atomic mass is 35.5. The summed E-state index contributed by atoms with van der Waals surface area (Å²) >= 11 is 5.83. The number of benzene rings is 2. The number of hydrogen-bond donors (Lipinski definition) is 1. The maximum absolute atomic E-state index is 13.5. The van der Waals surface area contributed by atoms with Gasteiger partial charge in [-0.25, -0.2) is 8.78 Å². The molecular weight excluding hydrogens is 268 g/mol. The first-order chi connectivity index (χ1) is 9.06. The van der Waals surface area contributed by atoms with Crippen molar-refractivity contribution in [2.24, 2.45) is 0 Å². The van der Waals surface area contributed by atoms with E-state index in [2.05, 4.69) is 5.32 Å². The van der Waals surface area contributed by atoms with Gasteiger partial charge in [0.25, 0.3) is 0 Å². The van der Waals surface area contributed by atoms with Crippen LogP contribution in [0.15, 0.2) is 42.5 Å². The van der Waals surface area contributed by atoms with E-state index in [1.54, 1.807) is 12.1 Å². The van der Waals surface area contributed by atoms with Crippen LogP contribution >= 0.6 is 11.6 Å². The summed E-state index contributed by atoms with van der Waals surface area (Å²) in [7, 11) is 0. The zero-order valence-electron chi connectivity index (χ0n) is 10.5. The van der Waals surface area contributed by atoms with Gasteiger partial charge in [0.1, 0.15) is 11.6 Å². The Hall–Kier alpha value is -1.45. The first kappa shape index (κ1) is 14.0. The van der Waals surface area contributed by atoms with Crippen molar-refractivity contribution < 1.29 is 8.78 Å². The van der Waals surface area contributed by atoms with Crippen molar-refractivity contribution in [2.45, 2.75) is 19.5 Å². The van der Waals surface area contributed by atoms with Crippen LogP contribution in [0.1, 0.15) is 24.1 Å². The predicted octanol–water partition coefficient (Wildman–Crippen LogP) is 4.47. The predicted molar refractivity (Wildman–Crippen MR) is 73.1 cm³/mol. The Balaban J connectivity index is 2.04. The Morgan fingerprint density at radius 2 is 1.95 bits per heavy atom. The Kier molecular flexibility index (Phi) is 4.51. The lowest BCUT2D eigenvalue weighted by molar-refractivity contribution is 0.540. The molecule has 0 heterocycles. The van der Waals surface area contributed by atoms with Crippen LogP contribution in [0.25, 0.3) is 0 Å². The van der Waals surface area contributed by atoms with Crippen LogP contribution in [0, 0.1) is 11.6 Å². The molecule has 0 saturated heterocycles. The Bertz CT molecular complexity index is 572. The highest BCUT2D eigenvalue weighted by Crippen LogP contribution is 2.17. The maximum atomic E-state index is 13.5. The number of halogens is 3. The van der Waals surface area contributed by atoms with E-state index in [1.165, 1.54) is 24.3 Å². The minimum atomic E-state index is -0.302. The van der Waals surface area contributed by atoms with Crippen LogP contribution in [0.4, 0.5) is 8.78 Å². The van der Waals surface area contributed by atoms with Gasteiger partial charge >= 0.3 is 0 Å². The summed E-state index contributed by atoms with van der Waals surface area (Å²) in [5.41, 5.74) is 1.32. The maximum Gasteiger partial charge on any atom is 0.127 e. The van der Waals surface area contributed by atoms with Gasteiger partial charge < -0.3 is 5.32 Å². The topological polar surface area (TPSA) is 12.0 Å². The van der Waals surface area contributed by atoms with E-state index in [0.717, 1.165) is 5.56 Å². The molecular formula is C15H14ClF2N. The number of hydrogen-bond acceptors (Lipinski definition) is 1.